The lowest BCUT2D eigenvalue weighted by atomic mass is 9.96. The SMILES string of the molecule is CC1CC(N2C(=O)CNC2c2ccc(Cl)cc2)CCN1C. The van der Waals surface area contributed by atoms with E-state index in [1.54, 1.807) is 0 Å². The number of likely N-dealkylation sites (tertiary alicyclic amines) is 1. The van der Waals surface area contributed by atoms with Crippen LogP contribution in [0.2, 0.25) is 5.02 Å². The quantitative estimate of drug-likeness (QED) is 0.910. The lowest BCUT2D eigenvalue weighted by Crippen LogP contribution is -2.49. The van der Waals surface area contributed by atoms with Gasteiger partial charge in [0, 0.05) is 23.7 Å². The van der Waals surface area contributed by atoms with Crippen molar-refractivity contribution in [2.45, 2.75) is 38.0 Å². The molecule has 114 valence electrons. The van der Waals surface area contributed by atoms with E-state index in [9.17, 15) is 4.79 Å². The monoisotopic (exact) mass is 307 g/mol. The van der Waals surface area contributed by atoms with Crippen molar-refractivity contribution in [2.24, 2.45) is 0 Å². The number of benzene rings is 1. The Balaban J connectivity index is 1.81. The highest BCUT2D eigenvalue weighted by atomic mass is 35.5. The lowest BCUT2D eigenvalue weighted by Gasteiger charge is -2.41. The number of hydrogen-bond acceptors (Lipinski definition) is 3. The van der Waals surface area contributed by atoms with E-state index in [2.05, 4.69) is 24.2 Å². The second-order valence-electron chi connectivity index (χ2n) is 6.14. The van der Waals surface area contributed by atoms with Gasteiger partial charge in [-0.25, -0.2) is 0 Å². The smallest absolute Gasteiger partial charge is 0.238 e. The summed E-state index contributed by atoms with van der Waals surface area (Å²) in [6.07, 6.45) is 2.06. The Labute approximate surface area is 131 Å². The molecule has 3 rings (SSSR count). The van der Waals surface area contributed by atoms with Crippen LogP contribution in [0.3, 0.4) is 0 Å². The summed E-state index contributed by atoms with van der Waals surface area (Å²) in [7, 11) is 2.15. The van der Waals surface area contributed by atoms with Crippen LogP contribution in [0.25, 0.3) is 0 Å². The van der Waals surface area contributed by atoms with E-state index >= 15 is 0 Å². The first-order chi connectivity index (χ1) is 10.1. The Bertz CT molecular complexity index is 519. The molecule has 0 aromatic heterocycles. The van der Waals surface area contributed by atoms with E-state index in [1.807, 2.05) is 29.2 Å². The van der Waals surface area contributed by atoms with Crippen molar-refractivity contribution in [3.05, 3.63) is 34.9 Å². The van der Waals surface area contributed by atoms with Gasteiger partial charge in [0.2, 0.25) is 5.91 Å². The van der Waals surface area contributed by atoms with Crippen molar-refractivity contribution in [3.8, 4) is 0 Å². The maximum atomic E-state index is 12.3. The van der Waals surface area contributed by atoms with Crippen molar-refractivity contribution >= 4 is 17.5 Å². The Morgan fingerprint density at radius 3 is 2.67 bits per heavy atom. The highest BCUT2D eigenvalue weighted by Crippen LogP contribution is 2.31. The van der Waals surface area contributed by atoms with Crippen LogP contribution in [0.4, 0.5) is 0 Å². The minimum Gasteiger partial charge on any atom is -0.319 e. The molecule has 0 bridgehead atoms. The van der Waals surface area contributed by atoms with Gasteiger partial charge < -0.3 is 9.80 Å². The summed E-state index contributed by atoms with van der Waals surface area (Å²) in [5.41, 5.74) is 1.11. The molecular formula is C16H22ClN3O. The van der Waals surface area contributed by atoms with Crippen LogP contribution in [0, 0.1) is 0 Å². The summed E-state index contributed by atoms with van der Waals surface area (Å²) < 4.78 is 0. The van der Waals surface area contributed by atoms with Crippen LogP contribution in [0.15, 0.2) is 24.3 Å². The highest BCUT2D eigenvalue weighted by molar-refractivity contribution is 6.30. The fourth-order valence-electron chi connectivity index (χ4n) is 3.37. The Morgan fingerprint density at radius 1 is 1.29 bits per heavy atom. The molecule has 1 N–H and O–H groups in total. The van der Waals surface area contributed by atoms with Gasteiger partial charge in [-0.15, -0.1) is 0 Å². The van der Waals surface area contributed by atoms with Crippen LogP contribution in [0.5, 0.6) is 0 Å². The van der Waals surface area contributed by atoms with Crippen molar-refractivity contribution in [1.29, 1.82) is 0 Å². The number of halogens is 1. The van der Waals surface area contributed by atoms with E-state index in [1.165, 1.54) is 0 Å². The zero-order valence-electron chi connectivity index (χ0n) is 12.6. The molecule has 21 heavy (non-hydrogen) atoms. The summed E-state index contributed by atoms with van der Waals surface area (Å²) in [5, 5.41) is 4.06. The van der Waals surface area contributed by atoms with Crippen molar-refractivity contribution in [1.82, 2.24) is 15.1 Å². The molecule has 0 saturated carbocycles. The van der Waals surface area contributed by atoms with Gasteiger partial charge in [-0.3, -0.25) is 10.1 Å². The molecule has 2 saturated heterocycles. The number of piperidine rings is 1. The van der Waals surface area contributed by atoms with Crippen molar-refractivity contribution in [2.75, 3.05) is 20.1 Å². The molecule has 1 aromatic rings. The summed E-state index contributed by atoms with van der Waals surface area (Å²) in [5.74, 6) is 0.205. The average molecular weight is 308 g/mol. The Hall–Kier alpha value is -1.10. The molecule has 0 aliphatic carbocycles. The molecular weight excluding hydrogens is 286 g/mol. The van der Waals surface area contributed by atoms with Crippen molar-refractivity contribution < 1.29 is 4.79 Å². The molecule has 2 aliphatic heterocycles. The fraction of sp³-hybridized carbons (Fsp3) is 0.562. The normalized spacial score (nSPS) is 30.9. The minimum atomic E-state index is -0.0182. The number of nitrogens with zero attached hydrogens (tertiary/aromatic N) is 2. The van der Waals surface area contributed by atoms with Gasteiger partial charge in [0.1, 0.15) is 6.17 Å². The molecule has 5 heteroatoms. The first-order valence-corrected chi connectivity index (χ1v) is 7.94. The third-order valence-corrected chi connectivity index (χ3v) is 5.02. The first-order valence-electron chi connectivity index (χ1n) is 7.56. The van der Waals surface area contributed by atoms with Crippen molar-refractivity contribution in [3.63, 3.8) is 0 Å². The van der Waals surface area contributed by atoms with E-state index in [0.29, 0.717) is 18.6 Å². The van der Waals surface area contributed by atoms with Crippen LogP contribution >= 0.6 is 11.6 Å². The van der Waals surface area contributed by atoms with Gasteiger partial charge >= 0.3 is 0 Å². The van der Waals surface area contributed by atoms with Crippen LogP contribution in [-0.2, 0) is 4.79 Å². The average Bonchev–Trinajstić information content (AvgIpc) is 2.85. The van der Waals surface area contributed by atoms with Gasteiger partial charge in [-0.05, 0) is 44.5 Å². The van der Waals surface area contributed by atoms with Crippen LogP contribution < -0.4 is 5.32 Å². The third kappa shape index (κ3) is 2.93. The first kappa shape index (κ1) is 14.8. The van der Waals surface area contributed by atoms with Crippen LogP contribution in [0.1, 0.15) is 31.5 Å². The molecule has 4 nitrogen and oxygen atoms in total. The number of amides is 1. The molecule has 0 radical (unpaired) electrons. The maximum Gasteiger partial charge on any atom is 0.238 e. The van der Waals surface area contributed by atoms with Gasteiger partial charge in [0.05, 0.1) is 6.54 Å². The standard InChI is InChI=1S/C16H22ClN3O/c1-11-9-14(7-8-19(11)2)20-15(21)10-18-16(20)12-3-5-13(17)6-4-12/h3-6,11,14,16,18H,7-10H2,1-2H3. The molecule has 2 heterocycles. The zero-order valence-corrected chi connectivity index (χ0v) is 13.3. The second-order valence-corrected chi connectivity index (χ2v) is 6.58. The number of carbonyl (C=O) groups excluding carboxylic acids is 1. The minimum absolute atomic E-state index is 0.0182. The third-order valence-electron chi connectivity index (χ3n) is 4.77. The summed E-state index contributed by atoms with van der Waals surface area (Å²) in [4.78, 5) is 16.7. The summed E-state index contributed by atoms with van der Waals surface area (Å²) in [6, 6.07) is 8.61. The predicted molar refractivity (Wildman–Crippen MR) is 84.2 cm³/mol. The van der Waals surface area contributed by atoms with Gasteiger partial charge in [-0.1, -0.05) is 23.7 Å². The molecule has 1 aromatic carbocycles. The number of nitrogens with one attached hydrogen (secondary N) is 1. The largest absolute Gasteiger partial charge is 0.319 e. The van der Waals surface area contributed by atoms with Gasteiger partial charge in [0.25, 0.3) is 0 Å². The van der Waals surface area contributed by atoms with Gasteiger partial charge in [-0.2, -0.15) is 0 Å². The van der Waals surface area contributed by atoms with E-state index < -0.39 is 0 Å². The highest BCUT2D eigenvalue weighted by Gasteiger charge is 2.39. The Morgan fingerprint density at radius 2 is 2.00 bits per heavy atom. The summed E-state index contributed by atoms with van der Waals surface area (Å²) >= 11 is 5.96. The molecule has 3 atom stereocenters. The second kappa shape index (κ2) is 5.95. The topological polar surface area (TPSA) is 35.6 Å². The predicted octanol–water partition coefficient (Wildman–Crippen LogP) is 2.25. The van der Waals surface area contributed by atoms with E-state index in [4.69, 9.17) is 11.6 Å². The molecule has 2 fully saturated rings. The van der Waals surface area contributed by atoms with E-state index in [-0.39, 0.29) is 12.1 Å². The maximum absolute atomic E-state index is 12.3. The fourth-order valence-corrected chi connectivity index (χ4v) is 3.50. The van der Waals surface area contributed by atoms with Crippen LogP contribution in [-0.4, -0.2) is 47.9 Å². The molecule has 1 amide bonds. The van der Waals surface area contributed by atoms with Gasteiger partial charge in [0.15, 0.2) is 0 Å². The summed E-state index contributed by atoms with van der Waals surface area (Å²) in [6.45, 7) is 3.70. The number of rotatable bonds is 2. The lowest BCUT2D eigenvalue weighted by molar-refractivity contribution is -0.131. The molecule has 0 spiro atoms. The Kier molecular flexibility index (Phi) is 4.20. The number of hydrogen-bond donors (Lipinski definition) is 1. The number of carbonyl (C=O) groups is 1. The van der Waals surface area contributed by atoms with E-state index in [0.717, 1.165) is 30.0 Å². The molecule has 2 aliphatic rings. The molecule has 3 unspecified atom stereocenters. The zero-order chi connectivity index (χ0) is 15.0.